The van der Waals surface area contributed by atoms with Crippen molar-refractivity contribution < 1.29 is 9.90 Å². The van der Waals surface area contributed by atoms with Gasteiger partial charge in [0.05, 0.1) is 0 Å². The van der Waals surface area contributed by atoms with Gasteiger partial charge in [-0.25, -0.2) is 9.78 Å². The van der Waals surface area contributed by atoms with Gasteiger partial charge in [0, 0.05) is 6.20 Å². The van der Waals surface area contributed by atoms with Gasteiger partial charge in [-0.05, 0) is 6.07 Å². The lowest BCUT2D eigenvalue weighted by molar-refractivity contribution is 0.0690. The number of aromatic nitrogens is 1. The maximum Gasteiger partial charge on any atom is 0.354 e. The monoisotopic (exact) mass is 163 g/mol. The van der Waals surface area contributed by atoms with Crippen molar-refractivity contribution in [1.82, 2.24) is 4.98 Å². The Balaban J connectivity index is 2.93. The maximum absolute atomic E-state index is 10.4. The van der Waals surface area contributed by atoms with Crippen molar-refractivity contribution in [2.24, 2.45) is 0 Å². The fraction of sp³-hybridized carbons (Fsp3) is 0.250. The van der Waals surface area contributed by atoms with E-state index in [9.17, 15) is 4.79 Å². The van der Waals surface area contributed by atoms with Crippen molar-refractivity contribution in [3.8, 4) is 0 Å². The Morgan fingerprint density at radius 3 is 2.50 bits per heavy atom. The van der Waals surface area contributed by atoms with Crippen LogP contribution in [0.5, 0.6) is 0 Å². The van der Waals surface area contributed by atoms with Gasteiger partial charge in [-0.1, -0.05) is 25.2 Å². The predicted molar refractivity (Wildman–Crippen MR) is 48.3 cm³/mol. The lowest BCUT2D eigenvalue weighted by Crippen LogP contribution is -2.23. The fourth-order valence-corrected chi connectivity index (χ4v) is 0.873. The van der Waals surface area contributed by atoms with Crippen LogP contribution < -0.4 is 5.46 Å². The van der Waals surface area contributed by atoms with E-state index in [2.05, 4.69) is 4.98 Å². The molecule has 0 radical (unpaired) electrons. The number of hydrogen-bond acceptors (Lipinski definition) is 2. The molecule has 0 saturated carbocycles. The number of pyridine rings is 1. The first-order chi connectivity index (χ1) is 5.61. The van der Waals surface area contributed by atoms with Gasteiger partial charge in [0.1, 0.15) is 5.69 Å². The van der Waals surface area contributed by atoms with E-state index in [1.165, 1.54) is 6.07 Å². The van der Waals surface area contributed by atoms with Crippen LogP contribution in [0.25, 0.3) is 0 Å². The standard InChI is InChI=1S/C8H10BNO2/c1-9(2)6-3-4-7(8(11)12)10-5-6/h3-5H,1-2H3,(H,11,12). The van der Waals surface area contributed by atoms with E-state index in [1.807, 2.05) is 13.6 Å². The summed E-state index contributed by atoms with van der Waals surface area (Å²) in [4.78, 5) is 14.2. The summed E-state index contributed by atoms with van der Waals surface area (Å²) in [7, 11) is 0. The summed E-state index contributed by atoms with van der Waals surface area (Å²) in [6, 6.07) is 3.32. The molecule has 62 valence electrons. The molecule has 1 aromatic rings. The van der Waals surface area contributed by atoms with Crippen LogP contribution in [0.1, 0.15) is 10.5 Å². The Kier molecular flexibility index (Phi) is 2.48. The molecule has 1 heterocycles. The molecule has 1 N–H and O–H groups in total. The molecule has 12 heavy (non-hydrogen) atoms. The van der Waals surface area contributed by atoms with E-state index in [4.69, 9.17) is 5.11 Å². The van der Waals surface area contributed by atoms with Gasteiger partial charge >= 0.3 is 5.97 Å². The van der Waals surface area contributed by atoms with Crippen molar-refractivity contribution in [2.45, 2.75) is 13.6 Å². The highest BCUT2D eigenvalue weighted by Gasteiger charge is 2.06. The summed E-state index contributed by atoms with van der Waals surface area (Å²) in [5.41, 5.74) is 1.15. The number of aromatic carboxylic acids is 1. The van der Waals surface area contributed by atoms with Crippen LogP contribution in [0.2, 0.25) is 13.6 Å². The van der Waals surface area contributed by atoms with Crippen LogP contribution >= 0.6 is 0 Å². The fourth-order valence-electron chi connectivity index (χ4n) is 0.873. The van der Waals surface area contributed by atoms with Crippen LogP contribution in [-0.4, -0.2) is 22.8 Å². The number of carbonyl (C=O) groups is 1. The van der Waals surface area contributed by atoms with E-state index >= 15 is 0 Å². The normalized spacial score (nSPS) is 9.50. The van der Waals surface area contributed by atoms with Crippen molar-refractivity contribution in [2.75, 3.05) is 0 Å². The molecule has 0 unspecified atom stereocenters. The highest BCUT2D eigenvalue weighted by molar-refractivity contribution is 6.70. The Morgan fingerprint density at radius 1 is 1.50 bits per heavy atom. The van der Waals surface area contributed by atoms with Gasteiger partial charge in [-0.2, -0.15) is 0 Å². The molecule has 0 atom stereocenters. The Hall–Kier alpha value is -1.32. The summed E-state index contributed by atoms with van der Waals surface area (Å²) in [6.07, 6.45) is 1.61. The second-order valence-corrected chi connectivity index (χ2v) is 2.94. The Morgan fingerprint density at radius 2 is 2.17 bits per heavy atom. The molecule has 0 bridgehead atoms. The summed E-state index contributed by atoms with van der Waals surface area (Å²) < 4.78 is 0. The zero-order valence-corrected chi connectivity index (χ0v) is 7.11. The quantitative estimate of drug-likeness (QED) is 0.654. The number of carboxylic acid groups (broad SMARTS) is 1. The highest BCUT2D eigenvalue weighted by atomic mass is 16.4. The number of rotatable bonds is 2. The predicted octanol–water partition coefficient (Wildman–Crippen LogP) is 0.741. The lowest BCUT2D eigenvalue weighted by Gasteiger charge is -2.00. The second-order valence-electron chi connectivity index (χ2n) is 2.94. The van der Waals surface area contributed by atoms with E-state index in [-0.39, 0.29) is 5.69 Å². The molecular formula is C8H10BNO2. The molecule has 3 nitrogen and oxygen atoms in total. The summed E-state index contributed by atoms with van der Waals surface area (Å²) in [5.74, 6) is -0.981. The molecular weight excluding hydrogens is 153 g/mol. The van der Waals surface area contributed by atoms with Gasteiger partial charge in [0.2, 0.25) is 0 Å². The average Bonchev–Trinajstić information content (AvgIpc) is 2.04. The number of nitrogens with zero attached hydrogens (tertiary/aromatic N) is 1. The third kappa shape index (κ3) is 1.84. The summed E-state index contributed by atoms with van der Waals surface area (Å²) >= 11 is 0. The molecule has 0 amide bonds. The van der Waals surface area contributed by atoms with E-state index in [0.717, 1.165) is 5.46 Å². The van der Waals surface area contributed by atoms with Crippen molar-refractivity contribution in [1.29, 1.82) is 0 Å². The van der Waals surface area contributed by atoms with E-state index in [0.29, 0.717) is 6.71 Å². The molecule has 0 aromatic carbocycles. The van der Waals surface area contributed by atoms with Crippen molar-refractivity contribution >= 4 is 18.1 Å². The first-order valence-electron chi connectivity index (χ1n) is 3.80. The third-order valence-corrected chi connectivity index (χ3v) is 1.67. The molecule has 0 spiro atoms. The van der Waals surface area contributed by atoms with Crippen LogP contribution in [0, 0.1) is 0 Å². The minimum atomic E-state index is -0.981. The smallest absolute Gasteiger partial charge is 0.354 e. The van der Waals surface area contributed by atoms with Gasteiger partial charge in [0.25, 0.3) is 0 Å². The number of carboxylic acids is 1. The first kappa shape index (κ1) is 8.78. The number of hydrogen-bond donors (Lipinski definition) is 1. The Labute approximate surface area is 71.5 Å². The molecule has 4 heteroatoms. The largest absolute Gasteiger partial charge is 0.477 e. The van der Waals surface area contributed by atoms with Gasteiger partial charge in [-0.3, -0.25) is 0 Å². The van der Waals surface area contributed by atoms with Gasteiger partial charge < -0.3 is 5.11 Å². The third-order valence-electron chi connectivity index (χ3n) is 1.67. The van der Waals surface area contributed by atoms with Gasteiger partial charge in [0.15, 0.2) is 6.71 Å². The molecule has 0 aliphatic rings. The highest BCUT2D eigenvalue weighted by Crippen LogP contribution is 1.92. The van der Waals surface area contributed by atoms with E-state index in [1.54, 1.807) is 12.3 Å². The van der Waals surface area contributed by atoms with Crippen LogP contribution in [0.3, 0.4) is 0 Å². The second kappa shape index (κ2) is 3.39. The average molecular weight is 163 g/mol. The first-order valence-corrected chi connectivity index (χ1v) is 3.80. The molecule has 0 fully saturated rings. The van der Waals surface area contributed by atoms with Crippen molar-refractivity contribution in [3.05, 3.63) is 24.0 Å². The summed E-state index contributed by atoms with van der Waals surface area (Å²) in [6.45, 7) is 4.47. The summed E-state index contributed by atoms with van der Waals surface area (Å²) in [5, 5.41) is 8.55. The van der Waals surface area contributed by atoms with Crippen LogP contribution in [-0.2, 0) is 0 Å². The topological polar surface area (TPSA) is 50.2 Å². The SMILES string of the molecule is CB(C)c1ccc(C(=O)O)nc1. The zero-order chi connectivity index (χ0) is 9.14. The van der Waals surface area contributed by atoms with Crippen LogP contribution in [0.4, 0.5) is 0 Å². The lowest BCUT2D eigenvalue weighted by atomic mass is 9.50. The molecule has 0 aliphatic carbocycles. The van der Waals surface area contributed by atoms with E-state index < -0.39 is 5.97 Å². The minimum Gasteiger partial charge on any atom is -0.477 e. The molecule has 0 aliphatic heterocycles. The molecule has 0 saturated heterocycles. The Bertz CT molecular complexity index is 282. The molecule has 1 aromatic heterocycles. The van der Waals surface area contributed by atoms with Crippen molar-refractivity contribution in [3.63, 3.8) is 0 Å². The minimum absolute atomic E-state index is 0.0967. The maximum atomic E-state index is 10.4. The zero-order valence-electron chi connectivity index (χ0n) is 7.11. The van der Waals surface area contributed by atoms with Gasteiger partial charge in [-0.15, -0.1) is 0 Å². The van der Waals surface area contributed by atoms with Crippen LogP contribution in [0.15, 0.2) is 18.3 Å². The molecule has 1 rings (SSSR count).